The standard InChI is InChI=1S/C34H69N2O6P/c1-6-8-10-12-14-16-17-18-20-22-24-26-28-34(38)35-32(31-42-43(39,40)41-30-29-36(3,4)5)33(37)27-25-23-21-19-15-13-11-9-7-2/h25,27,32-33,37H,6-24,26,28-31H2,1-5H3,(H-,35,38,39,40)/b27-25+/t32-,33+/m0/s1. The number of carbonyl (C=O) groups is 1. The van der Waals surface area contributed by atoms with Crippen LogP contribution >= 0.6 is 7.82 Å². The monoisotopic (exact) mass is 632 g/mol. The van der Waals surface area contributed by atoms with Crippen LogP contribution in [-0.2, 0) is 18.4 Å². The molecule has 43 heavy (non-hydrogen) atoms. The predicted molar refractivity (Wildman–Crippen MR) is 178 cm³/mol. The Morgan fingerprint density at radius 2 is 1.26 bits per heavy atom. The Bertz CT molecular complexity index is 728. The Labute approximate surface area is 265 Å². The molecule has 0 aromatic carbocycles. The minimum Gasteiger partial charge on any atom is -0.756 e. The molecule has 256 valence electrons. The number of quaternary nitrogens is 1. The van der Waals surface area contributed by atoms with Gasteiger partial charge >= 0.3 is 0 Å². The summed E-state index contributed by atoms with van der Waals surface area (Å²) in [6.07, 6.45) is 26.8. The number of unbranched alkanes of at least 4 members (excludes halogenated alkanes) is 18. The van der Waals surface area contributed by atoms with Crippen LogP contribution in [0.5, 0.6) is 0 Å². The molecule has 9 heteroatoms. The molecule has 0 spiro atoms. The maximum Gasteiger partial charge on any atom is 0.268 e. The van der Waals surface area contributed by atoms with Crippen LogP contribution in [0.15, 0.2) is 12.2 Å². The molecule has 0 radical (unpaired) electrons. The molecular formula is C34H69N2O6P. The second-order valence-electron chi connectivity index (χ2n) is 13.2. The average molecular weight is 633 g/mol. The van der Waals surface area contributed by atoms with E-state index in [1.165, 1.54) is 89.9 Å². The van der Waals surface area contributed by atoms with E-state index in [0.717, 1.165) is 38.5 Å². The summed E-state index contributed by atoms with van der Waals surface area (Å²) in [6, 6.07) is -0.876. The summed E-state index contributed by atoms with van der Waals surface area (Å²) in [4.78, 5) is 25.0. The lowest BCUT2D eigenvalue weighted by molar-refractivity contribution is -0.870. The van der Waals surface area contributed by atoms with Gasteiger partial charge in [-0.1, -0.05) is 135 Å². The van der Waals surface area contributed by atoms with Gasteiger partial charge in [-0.15, -0.1) is 0 Å². The number of rotatable bonds is 31. The van der Waals surface area contributed by atoms with Gasteiger partial charge in [-0.3, -0.25) is 9.36 Å². The number of hydrogen-bond donors (Lipinski definition) is 2. The first-order chi connectivity index (χ1) is 20.5. The van der Waals surface area contributed by atoms with Crippen molar-refractivity contribution in [3.8, 4) is 0 Å². The van der Waals surface area contributed by atoms with Gasteiger partial charge in [0.25, 0.3) is 7.82 Å². The fourth-order valence-electron chi connectivity index (χ4n) is 4.86. The summed E-state index contributed by atoms with van der Waals surface area (Å²) in [5, 5.41) is 13.6. The fourth-order valence-corrected chi connectivity index (χ4v) is 5.58. The SMILES string of the molecule is CCCCCCCCC/C=C/[C@@H](O)[C@H](COP(=O)([O-])OCC[N+](C)(C)C)NC(=O)CCCCCCCCCCCCCC. The van der Waals surface area contributed by atoms with E-state index in [9.17, 15) is 19.4 Å². The molecule has 0 fully saturated rings. The summed E-state index contributed by atoms with van der Waals surface area (Å²) >= 11 is 0. The highest BCUT2D eigenvalue weighted by Crippen LogP contribution is 2.38. The zero-order valence-corrected chi connectivity index (χ0v) is 29.6. The number of allylic oxidation sites excluding steroid dienone is 1. The van der Waals surface area contributed by atoms with Crippen molar-refractivity contribution < 1.29 is 32.9 Å². The van der Waals surface area contributed by atoms with Gasteiger partial charge in [0.2, 0.25) is 5.91 Å². The molecule has 1 unspecified atom stereocenters. The van der Waals surface area contributed by atoms with E-state index < -0.39 is 20.0 Å². The van der Waals surface area contributed by atoms with Gasteiger partial charge in [-0.05, 0) is 19.3 Å². The normalized spacial score (nSPS) is 15.0. The zero-order chi connectivity index (χ0) is 32.2. The Kier molecular flexibility index (Phi) is 27.1. The van der Waals surface area contributed by atoms with E-state index in [1.54, 1.807) is 6.08 Å². The number of hydrogen-bond acceptors (Lipinski definition) is 6. The molecule has 0 bridgehead atoms. The summed E-state index contributed by atoms with van der Waals surface area (Å²) in [5.74, 6) is -0.202. The molecule has 0 saturated heterocycles. The summed E-state index contributed by atoms with van der Waals surface area (Å²) in [7, 11) is 1.26. The third-order valence-corrected chi connectivity index (χ3v) is 8.71. The van der Waals surface area contributed by atoms with Crippen LogP contribution in [0.1, 0.15) is 149 Å². The number of carbonyl (C=O) groups excluding carboxylic acids is 1. The lowest BCUT2D eigenvalue weighted by Crippen LogP contribution is -2.45. The summed E-state index contributed by atoms with van der Waals surface area (Å²) in [6.45, 7) is 4.58. The van der Waals surface area contributed by atoms with E-state index in [2.05, 4.69) is 19.2 Å². The number of likely N-dealkylation sites (N-methyl/N-ethyl adjacent to an activating group) is 1. The van der Waals surface area contributed by atoms with E-state index in [-0.39, 0.29) is 19.1 Å². The van der Waals surface area contributed by atoms with E-state index in [4.69, 9.17) is 9.05 Å². The third kappa shape index (κ3) is 29.7. The molecule has 1 amide bonds. The molecule has 2 N–H and O–H groups in total. The van der Waals surface area contributed by atoms with Gasteiger partial charge < -0.3 is 28.8 Å². The number of amides is 1. The maximum atomic E-state index is 12.7. The zero-order valence-electron chi connectivity index (χ0n) is 28.7. The average Bonchev–Trinajstić information content (AvgIpc) is 2.94. The molecule has 8 nitrogen and oxygen atoms in total. The van der Waals surface area contributed by atoms with Crippen LogP contribution in [0, 0.1) is 0 Å². The molecule has 3 atom stereocenters. The molecule has 0 aromatic rings. The highest BCUT2D eigenvalue weighted by molar-refractivity contribution is 7.45. The molecule has 0 aromatic heterocycles. The van der Waals surface area contributed by atoms with Gasteiger partial charge in [0.1, 0.15) is 13.2 Å². The van der Waals surface area contributed by atoms with Crippen LogP contribution in [0.2, 0.25) is 0 Å². The highest BCUT2D eigenvalue weighted by atomic mass is 31.2. The van der Waals surface area contributed by atoms with Crippen LogP contribution in [0.25, 0.3) is 0 Å². The summed E-state index contributed by atoms with van der Waals surface area (Å²) in [5.41, 5.74) is 0. The number of phosphoric ester groups is 1. The van der Waals surface area contributed by atoms with Crippen LogP contribution < -0.4 is 10.2 Å². The van der Waals surface area contributed by atoms with Gasteiger partial charge in [-0.25, -0.2) is 0 Å². The number of aliphatic hydroxyl groups is 1. The van der Waals surface area contributed by atoms with Crippen molar-refractivity contribution in [2.75, 3.05) is 40.9 Å². The van der Waals surface area contributed by atoms with Crippen LogP contribution in [-0.4, -0.2) is 68.5 Å². The van der Waals surface area contributed by atoms with Crippen molar-refractivity contribution in [1.82, 2.24) is 5.32 Å². The molecule has 0 aliphatic rings. The highest BCUT2D eigenvalue weighted by Gasteiger charge is 2.23. The molecule has 0 aliphatic carbocycles. The maximum absolute atomic E-state index is 12.7. The Hall–Kier alpha value is -0.760. The lowest BCUT2D eigenvalue weighted by atomic mass is 10.0. The summed E-state index contributed by atoms with van der Waals surface area (Å²) < 4.78 is 23.0. The number of nitrogens with one attached hydrogen (secondary N) is 1. The largest absolute Gasteiger partial charge is 0.756 e. The van der Waals surface area contributed by atoms with Gasteiger partial charge in [0.15, 0.2) is 0 Å². The molecule has 0 heterocycles. The number of aliphatic hydroxyl groups excluding tert-OH is 1. The first-order valence-corrected chi connectivity index (χ1v) is 19.0. The second-order valence-corrected chi connectivity index (χ2v) is 14.6. The number of nitrogens with zero attached hydrogens (tertiary/aromatic N) is 1. The third-order valence-electron chi connectivity index (χ3n) is 7.75. The van der Waals surface area contributed by atoms with Crippen molar-refractivity contribution in [3.05, 3.63) is 12.2 Å². The first kappa shape index (κ1) is 42.2. The second kappa shape index (κ2) is 27.5. The molecule has 0 aliphatic heterocycles. The first-order valence-electron chi connectivity index (χ1n) is 17.6. The van der Waals surface area contributed by atoms with Crippen molar-refractivity contribution in [2.24, 2.45) is 0 Å². The minimum atomic E-state index is -4.56. The van der Waals surface area contributed by atoms with Crippen molar-refractivity contribution in [1.29, 1.82) is 0 Å². The van der Waals surface area contributed by atoms with Crippen molar-refractivity contribution >= 4 is 13.7 Å². The Morgan fingerprint density at radius 1 is 0.791 bits per heavy atom. The number of phosphoric acid groups is 1. The van der Waals surface area contributed by atoms with E-state index >= 15 is 0 Å². The van der Waals surface area contributed by atoms with Crippen molar-refractivity contribution in [2.45, 2.75) is 161 Å². The lowest BCUT2D eigenvalue weighted by Gasteiger charge is -2.29. The minimum absolute atomic E-state index is 0.00115. The molecule has 0 rings (SSSR count). The van der Waals surface area contributed by atoms with Crippen LogP contribution in [0.3, 0.4) is 0 Å². The van der Waals surface area contributed by atoms with Gasteiger partial charge in [0, 0.05) is 6.42 Å². The molecular weight excluding hydrogens is 563 g/mol. The van der Waals surface area contributed by atoms with Gasteiger partial charge in [0.05, 0.1) is 39.9 Å². The van der Waals surface area contributed by atoms with Crippen LogP contribution in [0.4, 0.5) is 0 Å². The topological polar surface area (TPSA) is 108 Å². The molecule has 0 saturated carbocycles. The Balaban J connectivity index is 4.56. The fraction of sp³-hybridized carbons (Fsp3) is 0.912. The smallest absolute Gasteiger partial charge is 0.268 e. The predicted octanol–water partition coefficient (Wildman–Crippen LogP) is 7.83. The van der Waals surface area contributed by atoms with E-state index in [1.807, 2.05) is 27.2 Å². The quantitative estimate of drug-likeness (QED) is 0.0349. The Morgan fingerprint density at radius 3 is 1.74 bits per heavy atom. The van der Waals surface area contributed by atoms with E-state index in [0.29, 0.717) is 17.4 Å². The van der Waals surface area contributed by atoms with Crippen molar-refractivity contribution in [3.63, 3.8) is 0 Å². The van der Waals surface area contributed by atoms with Gasteiger partial charge in [-0.2, -0.15) is 0 Å².